The van der Waals surface area contributed by atoms with Crippen LogP contribution < -0.4 is 4.74 Å². The van der Waals surface area contributed by atoms with Crippen LogP contribution in [-0.2, 0) is 14.3 Å². The van der Waals surface area contributed by atoms with Gasteiger partial charge in [-0.1, -0.05) is 29.8 Å². The maximum Gasteiger partial charge on any atom is 0.297 e. The summed E-state index contributed by atoms with van der Waals surface area (Å²) < 4.78 is 40.2. The number of piperidine rings is 1. The molecule has 3 atom stereocenters. The van der Waals surface area contributed by atoms with Crippen LogP contribution in [0, 0.1) is 20.8 Å². The van der Waals surface area contributed by atoms with Crippen molar-refractivity contribution in [2.45, 2.75) is 63.5 Å². The summed E-state index contributed by atoms with van der Waals surface area (Å²) in [5.41, 5.74) is 5.75. The summed E-state index contributed by atoms with van der Waals surface area (Å²) in [7, 11) is -3.97. The highest BCUT2D eigenvalue weighted by atomic mass is 32.2. The van der Waals surface area contributed by atoms with Crippen LogP contribution in [0.4, 0.5) is 0 Å². The van der Waals surface area contributed by atoms with Gasteiger partial charge < -0.3 is 9.72 Å². The molecule has 0 radical (unpaired) electrons. The minimum atomic E-state index is -3.97. The number of aromatic amines is 1. The van der Waals surface area contributed by atoms with Crippen LogP contribution in [0.1, 0.15) is 48.1 Å². The van der Waals surface area contributed by atoms with Crippen molar-refractivity contribution >= 4 is 42.4 Å². The van der Waals surface area contributed by atoms with Crippen LogP contribution in [0.5, 0.6) is 5.75 Å². The van der Waals surface area contributed by atoms with Gasteiger partial charge in [-0.05, 0) is 117 Å². The average molecular weight is 603 g/mol. The van der Waals surface area contributed by atoms with Gasteiger partial charge in [0.15, 0.2) is 0 Å². The van der Waals surface area contributed by atoms with Crippen LogP contribution in [0.25, 0.3) is 21.0 Å². The molecule has 42 heavy (non-hydrogen) atoms. The van der Waals surface area contributed by atoms with E-state index in [-0.39, 0.29) is 17.5 Å². The van der Waals surface area contributed by atoms with Crippen LogP contribution in [0.15, 0.2) is 77.0 Å². The molecule has 3 heterocycles. The van der Waals surface area contributed by atoms with Crippen LogP contribution in [0.2, 0.25) is 0 Å². The first-order valence-corrected chi connectivity index (χ1v) is 16.9. The zero-order chi connectivity index (χ0) is 29.4. The number of ether oxygens (including phenoxy) is 1. The molecule has 0 aliphatic carbocycles. The highest BCUT2D eigenvalue weighted by molar-refractivity contribution is 7.86. The monoisotopic (exact) mass is 602 g/mol. The van der Waals surface area contributed by atoms with Crippen molar-refractivity contribution in [2.75, 3.05) is 19.7 Å². The fourth-order valence-electron chi connectivity index (χ4n) is 6.11. The van der Waals surface area contributed by atoms with Crippen LogP contribution in [0.3, 0.4) is 0 Å². The maximum atomic E-state index is 13.4. The van der Waals surface area contributed by atoms with E-state index in [2.05, 4.69) is 47.3 Å². The van der Waals surface area contributed by atoms with Crippen LogP contribution in [-0.4, -0.2) is 50.1 Å². The number of benzene rings is 3. The summed E-state index contributed by atoms with van der Waals surface area (Å²) in [4.78, 5) is 5.85. The Hall–Kier alpha value is -3.17. The fourth-order valence-corrected chi connectivity index (χ4v) is 8.09. The molecule has 6 rings (SSSR count). The van der Waals surface area contributed by atoms with Crippen molar-refractivity contribution in [3.63, 3.8) is 0 Å². The summed E-state index contributed by atoms with van der Waals surface area (Å²) in [6.45, 7) is 9.80. The van der Waals surface area contributed by atoms with Gasteiger partial charge in [0.2, 0.25) is 0 Å². The molecule has 0 spiro atoms. The summed E-state index contributed by atoms with van der Waals surface area (Å²) in [6.07, 6.45) is 1.35. The van der Waals surface area contributed by atoms with Crippen LogP contribution >= 0.6 is 11.3 Å². The maximum absolute atomic E-state index is 13.4. The second kappa shape index (κ2) is 11.8. The molecule has 0 amide bonds. The molecular weight excluding hydrogens is 565 g/mol. The number of aryl methyl sites for hydroxylation is 3. The van der Waals surface area contributed by atoms with E-state index >= 15 is 0 Å². The number of aromatic nitrogens is 1. The van der Waals surface area contributed by atoms with E-state index in [4.69, 9.17) is 8.92 Å². The van der Waals surface area contributed by atoms with Crippen molar-refractivity contribution in [3.05, 3.63) is 94.5 Å². The van der Waals surface area contributed by atoms with Gasteiger partial charge in [0, 0.05) is 33.9 Å². The number of fused-ring (bicyclic) bond motifs is 2. The van der Waals surface area contributed by atoms with E-state index in [1.807, 2.05) is 38.1 Å². The summed E-state index contributed by atoms with van der Waals surface area (Å²) in [6, 6.07) is 21.9. The number of nitrogens with zero attached hydrogens (tertiary/aromatic N) is 1. The fraction of sp³-hybridized carbons (Fsp3) is 0.353. The first-order valence-electron chi connectivity index (χ1n) is 14.6. The van der Waals surface area contributed by atoms with Crippen molar-refractivity contribution in [3.8, 4) is 5.75 Å². The van der Waals surface area contributed by atoms with Gasteiger partial charge in [-0.15, -0.1) is 11.3 Å². The van der Waals surface area contributed by atoms with Gasteiger partial charge in [-0.2, -0.15) is 8.42 Å². The molecule has 1 aliphatic heterocycles. The van der Waals surface area contributed by atoms with Crippen molar-refractivity contribution < 1.29 is 17.3 Å². The van der Waals surface area contributed by atoms with Crippen molar-refractivity contribution in [1.29, 1.82) is 0 Å². The third-order valence-corrected chi connectivity index (χ3v) is 10.9. The standard InChI is InChI=1S/C34H38N2O4S2/c1-22-8-11-29(12-9-22)42(37,38)40-28(20-39-33-7-5-6-32-31(33)16-24(3)35-32)19-36-15-14-27(17-25(36)4)26-10-13-34-30(18-26)23(2)21-41-34/h5-13,16,18,21,25,27-28,35H,14-15,17,19-20H2,1-4H3/t25-,27+,28-/m0/s1. The summed E-state index contributed by atoms with van der Waals surface area (Å²) in [5, 5.41) is 4.55. The smallest absolute Gasteiger partial charge is 0.297 e. The lowest BCUT2D eigenvalue weighted by molar-refractivity contribution is 0.0577. The Morgan fingerprint density at radius 1 is 1.02 bits per heavy atom. The van der Waals surface area contributed by atoms with Gasteiger partial charge in [-0.25, -0.2) is 0 Å². The zero-order valence-corrected chi connectivity index (χ0v) is 26.2. The number of nitrogens with one attached hydrogen (secondary N) is 1. The average Bonchev–Trinajstić information content (AvgIpc) is 3.54. The van der Waals surface area contributed by atoms with Crippen molar-refractivity contribution in [1.82, 2.24) is 9.88 Å². The molecule has 1 aliphatic rings. The first kappa shape index (κ1) is 28.9. The molecule has 2 aromatic heterocycles. The quantitative estimate of drug-likeness (QED) is 0.175. The Bertz CT molecular complexity index is 1810. The number of H-pyrrole nitrogens is 1. The van der Waals surface area contributed by atoms with Crippen molar-refractivity contribution in [2.24, 2.45) is 0 Å². The molecule has 5 aromatic rings. The predicted molar refractivity (Wildman–Crippen MR) is 171 cm³/mol. The second-order valence-electron chi connectivity index (χ2n) is 11.7. The first-order chi connectivity index (χ1) is 20.2. The minimum absolute atomic E-state index is 0.120. The van der Waals surface area contributed by atoms with E-state index in [9.17, 15) is 8.42 Å². The SMILES string of the molecule is Cc1ccc(S(=O)(=O)O[C@H](COc2cccc3[nH]c(C)cc23)CN2CC[C@@H](c3ccc4scc(C)c4c3)C[C@@H]2C)cc1. The highest BCUT2D eigenvalue weighted by Gasteiger charge is 2.31. The number of hydrogen-bond donors (Lipinski definition) is 1. The Balaban J connectivity index is 1.19. The molecule has 6 nitrogen and oxygen atoms in total. The molecular formula is C34H38N2O4S2. The third kappa shape index (κ3) is 6.13. The summed E-state index contributed by atoms with van der Waals surface area (Å²) in [5.74, 6) is 1.19. The van der Waals surface area contributed by atoms with Gasteiger partial charge in [0.1, 0.15) is 18.5 Å². The number of likely N-dealkylation sites (tertiary alicyclic amines) is 1. The number of hydrogen-bond acceptors (Lipinski definition) is 6. The lowest BCUT2D eigenvalue weighted by Gasteiger charge is -2.39. The Kier molecular flexibility index (Phi) is 8.16. The molecule has 1 fully saturated rings. The van der Waals surface area contributed by atoms with E-state index in [1.165, 1.54) is 21.2 Å². The Labute approximate surface area is 252 Å². The Morgan fingerprint density at radius 3 is 2.62 bits per heavy atom. The van der Waals surface area contributed by atoms with Gasteiger partial charge in [0.25, 0.3) is 10.1 Å². The third-order valence-electron chi connectivity index (χ3n) is 8.47. The number of rotatable bonds is 9. The molecule has 0 saturated carbocycles. The van der Waals surface area contributed by atoms with Gasteiger partial charge >= 0.3 is 0 Å². The van der Waals surface area contributed by atoms with E-state index in [0.717, 1.165) is 41.5 Å². The second-order valence-corrected chi connectivity index (χ2v) is 14.2. The highest BCUT2D eigenvalue weighted by Crippen LogP contribution is 2.36. The molecule has 3 aromatic carbocycles. The topological polar surface area (TPSA) is 71.6 Å². The Morgan fingerprint density at radius 2 is 1.83 bits per heavy atom. The molecule has 8 heteroatoms. The van der Waals surface area contributed by atoms with Gasteiger partial charge in [-0.3, -0.25) is 9.08 Å². The van der Waals surface area contributed by atoms with E-state index in [0.29, 0.717) is 18.2 Å². The largest absolute Gasteiger partial charge is 0.490 e. The summed E-state index contributed by atoms with van der Waals surface area (Å²) >= 11 is 1.80. The molecule has 0 unspecified atom stereocenters. The van der Waals surface area contributed by atoms with E-state index in [1.54, 1.807) is 35.6 Å². The normalized spacial score (nSPS) is 19.0. The number of thiophene rings is 1. The molecule has 0 bridgehead atoms. The molecule has 1 N–H and O–H groups in total. The molecule has 1 saturated heterocycles. The van der Waals surface area contributed by atoms with E-state index < -0.39 is 16.2 Å². The predicted octanol–water partition coefficient (Wildman–Crippen LogP) is 7.73. The zero-order valence-electron chi connectivity index (χ0n) is 24.6. The van der Waals surface area contributed by atoms with Gasteiger partial charge in [0.05, 0.1) is 4.90 Å². The lowest BCUT2D eigenvalue weighted by Crippen LogP contribution is -2.46. The lowest BCUT2D eigenvalue weighted by atomic mass is 9.85. The minimum Gasteiger partial charge on any atom is -0.490 e. The molecule has 220 valence electrons.